The fourth-order valence-electron chi connectivity index (χ4n) is 3.53. The summed E-state index contributed by atoms with van der Waals surface area (Å²) in [5.41, 5.74) is 1.48. The van der Waals surface area contributed by atoms with Crippen LogP contribution in [-0.2, 0) is 26.0 Å². The second kappa shape index (κ2) is 10.1. The van der Waals surface area contributed by atoms with Gasteiger partial charge in [-0.05, 0) is 42.3 Å². The number of morpholine rings is 1. The van der Waals surface area contributed by atoms with Gasteiger partial charge in [-0.1, -0.05) is 24.3 Å². The SMILES string of the molecule is O=C(/C=C/c1coc2ccccc2c1=O)NCCc1ccc(S(=O)(=O)N2CCOCC2)cc1. The van der Waals surface area contributed by atoms with Gasteiger partial charge in [0.25, 0.3) is 0 Å². The van der Waals surface area contributed by atoms with E-state index < -0.39 is 10.0 Å². The lowest BCUT2D eigenvalue weighted by Gasteiger charge is -2.26. The van der Waals surface area contributed by atoms with E-state index in [1.54, 1.807) is 48.5 Å². The third-order valence-electron chi connectivity index (χ3n) is 5.37. The van der Waals surface area contributed by atoms with Gasteiger partial charge in [-0.3, -0.25) is 9.59 Å². The van der Waals surface area contributed by atoms with E-state index in [1.165, 1.54) is 22.7 Å². The molecule has 1 saturated heterocycles. The molecule has 1 aliphatic rings. The van der Waals surface area contributed by atoms with E-state index >= 15 is 0 Å². The zero-order valence-electron chi connectivity index (χ0n) is 17.9. The molecule has 1 fully saturated rings. The second-order valence-electron chi connectivity index (χ2n) is 7.55. The number of rotatable bonds is 7. The molecule has 0 atom stereocenters. The van der Waals surface area contributed by atoms with Gasteiger partial charge in [-0.25, -0.2) is 8.42 Å². The molecule has 3 aromatic rings. The molecule has 0 spiro atoms. The van der Waals surface area contributed by atoms with Gasteiger partial charge in [0.1, 0.15) is 11.8 Å². The third-order valence-corrected chi connectivity index (χ3v) is 7.28. The molecule has 1 amide bonds. The van der Waals surface area contributed by atoms with Crippen LogP contribution in [0.25, 0.3) is 17.0 Å². The van der Waals surface area contributed by atoms with Crippen LogP contribution in [0.5, 0.6) is 0 Å². The van der Waals surface area contributed by atoms with Gasteiger partial charge in [0.05, 0.1) is 29.1 Å². The molecule has 8 nitrogen and oxygen atoms in total. The van der Waals surface area contributed by atoms with E-state index in [2.05, 4.69) is 5.32 Å². The van der Waals surface area contributed by atoms with Crippen molar-refractivity contribution in [1.29, 1.82) is 0 Å². The largest absolute Gasteiger partial charge is 0.463 e. The van der Waals surface area contributed by atoms with Crippen molar-refractivity contribution in [2.24, 2.45) is 0 Å². The lowest BCUT2D eigenvalue weighted by atomic mass is 10.1. The molecular weight excluding hydrogens is 444 g/mol. The summed E-state index contributed by atoms with van der Waals surface area (Å²) in [5.74, 6) is -0.339. The predicted molar refractivity (Wildman–Crippen MR) is 124 cm³/mol. The Kier molecular flexibility index (Phi) is 7.02. The molecule has 9 heteroatoms. The molecule has 1 aliphatic heterocycles. The van der Waals surface area contributed by atoms with Crippen LogP contribution in [0.2, 0.25) is 0 Å². The number of fused-ring (bicyclic) bond motifs is 1. The molecule has 2 heterocycles. The minimum atomic E-state index is -3.52. The number of carbonyl (C=O) groups is 1. The van der Waals surface area contributed by atoms with Gasteiger partial charge in [-0.2, -0.15) is 4.31 Å². The summed E-state index contributed by atoms with van der Waals surface area (Å²) in [5, 5.41) is 3.21. The quantitative estimate of drug-likeness (QED) is 0.533. The highest BCUT2D eigenvalue weighted by Crippen LogP contribution is 2.18. The van der Waals surface area contributed by atoms with Crippen LogP contribution in [-0.4, -0.2) is 51.5 Å². The van der Waals surface area contributed by atoms with E-state index in [0.717, 1.165) is 5.56 Å². The fourth-order valence-corrected chi connectivity index (χ4v) is 4.93. The predicted octanol–water partition coefficient (Wildman–Crippen LogP) is 2.19. The maximum Gasteiger partial charge on any atom is 0.244 e. The third kappa shape index (κ3) is 5.39. The van der Waals surface area contributed by atoms with Crippen LogP contribution < -0.4 is 10.7 Å². The molecule has 0 bridgehead atoms. The summed E-state index contributed by atoms with van der Waals surface area (Å²) in [6.45, 7) is 1.87. The minimum Gasteiger partial charge on any atom is -0.463 e. The first-order valence-electron chi connectivity index (χ1n) is 10.6. The monoisotopic (exact) mass is 468 g/mol. The normalized spacial score (nSPS) is 15.2. The van der Waals surface area contributed by atoms with Gasteiger partial charge in [0.15, 0.2) is 5.43 Å². The maximum atomic E-state index is 12.7. The van der Waals surface area contributed by atoms with E-state index in [9.17, 15) is 18.0 Å². The number of amides is 1. The van der Waals surface area contributed by atoms with Gasteiger partial charge >= 0.3 is 0 Å². The maximum absolute atomic E-state index is 12.7. The molecule has 4 rings (SSSR count). The first kappa shape index (κ1) is 22.9. The van der Waals surface area contributed by atoms with E-state index in [0.29, 0.717) is 55.8 Å². The van der Waals surface area contributed by atoms with Gasteiger partial charge < -0.3 is 14.5 Å². The lowest BCUT2D eigenvalue weighted by Crippen LogP contribution is -2.40. The number of nitrogens with one attached hydrogen (secondary N) is 1. The van der Waals surface area contributed by atoms with Crippen molar-refractivity contribution in [1.82, 2.24) is 9.62 Å². The molecule has 0 unspecified atom stereocenters. The van der Waals surface area contributed by atoms with Crippen LogP contribution in [0.3, 0.4) is 0 Å². The summed E-state index contributed by atoms with van der Waals surface area (Å²) in [7, 11) is -3.52. The number of benzene rings is 2. The Morgan fingerprint density at radius 1 is 1.06 bits per heavy atom. The zero-order valence-corrected chi connectivity index (χ0v) is 18.7. The topological polar surface area (TPSA) is 106 Å². The fraction of sp³-hybridized carbons (Fsp3) is 0.250. The molecule has 0 aliphatic carbocycles. The number of sulfonamides is 1. The zero-order chi connectivity index (χ0) is 23.3. The Morgan fingerprint density at radius 2 is 1.79 bits per heavy atom. The van der Waals surface area contributed by atoms with Crippen molar-refractivity contribution in [3.8, 4) is 0 Å². The summed E-state index contributed by atoms with van der Waals surface area (Å²) < 4.78 is 37.4. The Labute approximate surface area is 191 Å². The van der Waals surface area contributed by atoms with E-state index in [1.807, 2.05) is 0 Å². The summed E-state index contributed by atoms with van der Waals surface area (Å²) >= 11 is 0. The Balaban J connectivity index is 1.31. The Bertz CT molecular complexity index is 1320. The highest BCUT2D eigenvalue weighted by atomic mass is 32.2. The first-order valence-corrected chi connectivity index (χ1v) is 12.0. The molecule has 0 saturated carbocycles. The van der Waals surface area contributed by atoms with Crippen molar-refractivity contribution >= 4 is 33.0 Å². The molecule has 1 aromatic heterocycles. The lowest BCUT2D eigenvalue weighted by molar-refractivity contribution is -0.116. The smallest absolute Gasteiger partial charge is 0.244 e. The van der Waals surface area contributed by atoms with Gasteiger partial charge in [-0.15, -0.1) is 0 Å². The Hall–Kier alpha value is -3.27. The second-order valence-corrected chi connectivity index (χ2v) is 9.49. The van der Waals surface area contributed by atoms with Crippen LogP contribution in [0, 0.1) is 0 Å². The Morgan fingerprint density at radius 3 is 2.55 bits per heavy atom. The number of ether oxygens (including phenoxy) is 1. The molecule has 1 N–H and O–H groups in total. The first-order chi connectivity index (χ1) is 15.9. The number of hydrogen-bond acceptors (Lipinski definition) is 6. The summed E-state index contributed by atoms with van der Waals surface area (Å²) in [4.78, 5) is 24.8. The molecule has 33 heavy (non-hydrogen) atoms. The standard InChI is InChI=1S/C24H24N2O6S/c27-23(10-7-19-17-32-22-4-2-1-3-21(22)24(19)28)25-12-11-18-5-8-20(9-6-18)33(29,30)26-13-15-31-16-14-26/h1-10,17H,11-16H2,(H,25,27)/b10-7+. The minimum absolute atomic E-state index is 0.201. The van der Waals surface area contributed by atoms with Gasteiger partial charge in [0.2, 0.25) is 15.9 Å². The van der Waals surface area contributed by atoms with Gasteiger partial charge in [0, 0.05) is 25.7 Å². The van der Waals surface area contributed by atoms with Crippen molar-refractivity contribution in [3.05, 3.63) is 82.2 Å². The average molecular weight is 469 g/mol. The van der Waals surface area contributed by atoms with Crippen molar-refractivity contribution in [3.63, 3.8) is 0 Å². The number of carbonyl (C=O) groups excluding carboxylic acids is 1. The van der Waals surface area contributed by atoms with Crippen LogP contribution in [0.1, 0.15) is 11.1 Å². The van der Waals surface area contributed by atoms with E-state index in [-0.39, 0.29) is 16.2 Å². The van der Waals surface area contributed by atoms with Crippen LogP contribution in [0.4, 0.5) is 0 Å². The van der Waals surface area contributed by atoms with Crippen molar-refractivity contribution in [2.45, 2.75) is 11.3 Å². The molecular formula is C24H24N2O6S. The molecule has 2 aromatic carbocycles. The molecule has 172 valence electrons. The van der Waals surface area contributed by atoms with Crippen LogP contribution >= 0.6 is 0 Å². The number of hydrogen-bond donors (Lipinski definition) is 1. The highest BCUT2D eigenvalue weighted by Gasteiger charge is 2.26. The van der Waals surface area contributed by atoms with Crippen LogP contribution in [0.15, 0.2) is 75.0 Å². The molecule has 0 radical (unpaired) electrons. The highest BCUT2D eigenvalue weighted by molar-refractivity contribution is 7.89. The van der Waals surface area contributed by atoms with Crippen molar-refractivity contribution < 1.29 is 22.4 Å². The number of para-hydroxylation sites is 1. The average Bonchev–Trinajstić information content (AvgIpc) is 2.85. The number of nitrogens with zero attached hydrogens (tertiary/aromatic N) is 1. The summed E-state index contributed by atoms with van der Waals surface area (Å²) in [6.07, 6.45) is 4.59. The van der Waals surface area contributed by atoms with Crippen molar-refractivity contribution in [2.75, 3.05) is 32.8 Å². The van der Waals surface area contributed by atoms with E-state index in [4.69, 9.17) is 9.15 Å². The summed E-state index contributed by atoms with van der Waals surface area (Å²) in [6, 6.07) is 13.6.